The topological polar surface area (TPSA) is 63.7 Å². The van der Waals surface area contributed by atoms with Crippen molar-refractivity contribution in [2.24, 2.45) is 0 Å². The number of hydrogen-bond donors (Lipinski definition) is 0. The fourth-order valence-electron chi connectivity index (χ4n) is 3.25. The van der Waals surface area contributed by atoms with E-state index in [-0.39, 0.29) is 12.2 Å². The van der Waals surface area contributed by atoms with Crippen LogP contribution in [0.5, 0.6) is 0 Å². The van der Waals surface area contributed by atoms with Crippen LogP contribution in [0.15, 0.2) is 60.7 Å². The molecule has 2 amide bonds. The van der Waals surface area contributed by atoms with Crippen molar-refractivity contribution in [1.29, 1.82) is 0 Å². The number of aryl methyl sites for hydroxylation is 1. The first kappa shape index (κ1) is 20.1. The molecule has 5 nitrogen and oxygen atoms in total. The van der Waals surface area contributed by atoms with Crippen LogP contribution in [0.2, 0.25) is 10.0 Å². The lowest BCUT2D eigenvalue weighted by atomic mass is 10.1. The molecule has 4 rings (SSSR count). The van der Waals surface area contributed by atoms with Gasteiger partial charge in [0.05, 0.1) is 22.4 Å². The smallest absolute Gasteiger partial charge is 0.338 e. The summed E-state index contributed by atoms with van der Waals surface area (Å²) in [6.07, 6.45) is 0. The Hall–Kier alpha value is -3.15. The van der Waals surface area contributed by atoms with E-state index in [1.165, 1.54) is 6.07 Å². The third-order valence-corrected chi connectivity index (χ3v) is 5.44. The standard InChI is InChI=1S/C23H15Cl2NO4/c1-13-6-7-14(23(29)30-12-15-8-9-16(24)11-19(15)25)10-20(13)26-21(27)17-4-2-3-5-18(17)22(26)28/h2-11H,12H2,1H3. The second-order valence-electron chi connectivity index (χ2n) is 6.80. The maximum atomic E-state index is 12.8. The number of carbonyl (C=O) groups excluding carboxylic acids is 3. The van der Waals surface area contributed by atoms with Crippen LogP contribution in [-0.4, -0.2) is 17.8 Å². The van der Waals surface area contributed by atoms with Crippen molar-refractivity contribution in [3.05, 3.63) is 98.5 Å². The first-order valence-electron chi connectivity index (χ1n) is 9.06. The highest BCUT2D eigenvalue weighted by molar-refractivity contribution is 6.35. The summed E-state index contributed by atoms with van der Waals surface area (Å²) in [5, 5.41) is 0.880. The summed E-state index contributed by atoms with van der Waals surface area (Å²) in [5.41, 5.74) is 2.54. The van der Waals surface area contributed by atoms with E-state index in [2.05, 4.69) is 0 Å². The minimum absolute atomic E-state index is 0.0366. The fourth-order valence-corrected chi connectivity index (χ4v) is 3.71. The van der Waals surface area contributed by atoms with Gasteiger partial charge in [-0.2, -0.15) is 0 Å². The van der Waals surface area contributed by atoms with Crippen molar-refractivity contribution in [1.82, 2.24) is 0 Å². The molecule has 0 bridgehead atoms. The minimum atomic E-state index is -0.598. The van der Waals surface area contributed by atoms with E-state index in [1.807, 2.05) is 0 Å². The van der Waals surface area contributed by atoms with Crippen LogP contribution in [0.4, 0.5) is 5.69 Å². The van der Waals surface area contributed by atoms with Crippen molar-refractivity contribution < 1.29 is 19.1 Å². The molecule has 0 fully saturated rings. The number of hydrogen-bond acceptors (Lipinski definition) is 4. The van der Waals surface area contributed by atoms with Gasteiger partial charge in [0.2, 0.25) is 0 Å². The van der Waals surface area contributed by atoms with E-state index < -0.39 is 17.8 Å². The number of rotatable bonds is 4. The number of benzene rings is 3. The molecule has 0 unspecified atom stereocenters. The SMILES string of the molecule is Cc1ccc(C(=O)OCc2ccc(Cl)cc2Cl)cc1N1C(=O)c2ccccc2C1=O. The van der Waals surface area contributed by atoms with Crippen LogP contribution < -0.4 is 4.90 Å². The quantitative estimate of drug-likeness (QED) is 0.399. The van der Waals surface area contributed by atoms with Gasteiger partial charge in [0.25, 0.3) is 11.8 Å². The van der Waals surface area contributed by atoms with Gasteiger partial charge in [0.1, 0.15) is 6.61 Å². The maximum absolute atomic E-state index is 12.8. The number of fused-ring (bicyclic) bond motifs is 1. The van der Waals surface area contributed by atoms with Gasteiger partial charge in [-0.3, -0.25) is 9.59 Å². The molecule has 0 saturated carbocycles. The maximum Gasteiger partial charge on any atom is 0.338 e. The number of amides is 2. The van der Waals surface area contributed by atoms with Crippen molar-refractivity contribution in [2.75, 3.05) is 4.90 Å². The first-order chi connectivity index (χ1) is 14.4. The fraction of sp³-hybridized carbons (Fsp3) is 0.0870. The average Bonchev–Trinajstić information content (AvgIpc) is 2.98. The zero-order valence-corrected chi connectivity index (χ0v) is 17.3. The molecule has 150 valence electrons. The molecule has 0 saturated heterocycles. The van der Waals surface area contributed by atoms with Gasteiger partial charge < -0.3 is 4.74 Å². The lowest BCUT2D eigenvalue weighted by molar-refractivity contribution is 0.0472. The van der Waals surface area contributed by atoms with Gasteiger partial charge in [0.15, 0.2) is 0 Å². The molecule has 0 spiro atoms. The summed E-state index contributed by atoms with van der Waals surface area (Å²) in [5.74, 6) is -1.44. The van der Waals surface area contributed by atoms with Gasteiger partial charge in [-0.25, -0.2) is 9.69 Å². The molecule has 30 heavy (non-hydrogen) atoms. The number of ether oxygens (including phenoxy) is 1. The number of esters is 1. The van der Waals surface area contributed by atoms with E-state index in [9.17, 15) is 14.4 Å². The number of anilines is 1. The van der Waals surface area contributed by atoms with Gasteiger partial charge in [-0.1, -0.05) is 47.5 Å². The second-order valence-corrected chi connectivity index (χ2v) is 7.65. The van der Waals surface area contributed by atoms with Crippen LogP contribution in [0.25, 0.3) is 0 Å². The van der Waals surface area contributed by atoms with E-state index in [4.69, 9.17) is 27.9 Å². The molecular formula is C23H15Cl2NO4. The zero-order chi connectivity index (χ0) is 21.4. The number of nitrogens with zero attached hydrogens (tertiary/aromatic N) is 1. The Labute approximate surface area is 182 Å². The molecule has 1 aliphatic heterocycles. The molecule has 7 heteroatoms. The molecule has 0 N–H and O–H groups in total. The van der Waals surface area contributed by atoms with Gasteiger partial charge in [-0.15, -0.1) is 0 Å². The van der Waals surface area contributed by atoms with Crippen LogP contribution in [0, 0.1) is 6.92 Å². The third kappa shape index (κ3) is 3.58. The zero-order valence-electron chi connectivity index (χ0n) is 15.8. The van der Waals surface area contributed by atoms with Gasteiger partial charge in [0, 0.05) is 15.6 Å². The largest absolute Gasteiger partial charge is 0.457 e. The summed E-state index contributed by atoms with van der Waals surface area (Å²) in [6, 6.07) is 16.3. The highest BCUT2D eigenvalue weighted by Gasteiger charge is 2.37. The lowest BCUT2D eigenvalue weighted by Crippen LogP contribution is -2.30. The van der Waals surface area contributed by atoms with E-state index in [1.54, 1.807) is 61.5 Å². The predicted molar refractivity (Wildman–Crippen MR) is 114 cm³/mol. The highest BCUT2D eigenvalue weighted by atomic mass is 35.5. The van der Waals surface area contributed by atoms with Crippen LogP contribution in [-0.2, 0) is 11.3 Å². The summed E-state index contributed by atoms with van der Waals surface area (Å²) < 4.78 is 5.35. The van der Waals surface area contributed by atoms with Crippen LogP contribution >= 0.6 is 23.2 Å². The van der Waals surface area contributed by atoms with E-state index in [0.717, 1.165) is 4.90 Å². The average molecular weight is 440 g/mol. The number of imide groups is 1. The summed E-state index contributed by atoms with van der Waals surface area (Å²) in [4.78, 5) is 39.2. The molecule has 0 atom stereocenters. The van der Waals surface area contributed by atoms with Crippen LogP contribution in [0.1, 0.15) is 42.2 Å². The Kier molecular flexibility index (Phi) is 5.33. The van der Waals surface area contributed by atoms with E-state index in [0.29, 0.717) is 38.0 Å². The number of halogens is 2. The Bertz CT molecular complexity index is 1170. The molecule has 1 heterocycles. The monoisotopic (exact) mass is 439 g/mol. The Morgan fingerprint density at radius 2 is 1.60 bits per heavy atom. The van der Waals surface area contributed by atoms with Crippen LogP contribution in [0.3, 0.4) is 0 Å². The lowest BCUT2D eigenvalue weighted by Gasteiger charge is -2.17. The Morgan fingerprint density at radius 3 is 2.23 bits per heavy atom. The second kappa shape index (κ2) is 7.94. The predicted octanol–water partition coefficient (Wildman–Crippen LogP) is 5.46. The summed E-state index contributed by atoms with van der Waals surface area (Å²) in [6.45, 7) is 1.73. The molecule has 3 aromatic rings. The normalized spacial score (nSPS) is 12.8. The summed E-state index contributed by atoms with van der Waals surface area (Å²) >= 11 is 12.0. The molecule has 0 radical (unpaired) electrons. The molecule has 0 aromatic heterocycles. The first-order valence-corrected chi connectivity index (χ1v) is 9.82. The summed E-state index contributed by atoms with van der Waals surface area (Å²) in [7, 11) is 0. The molecule has 0 aliphatic carbocycles. The van der Waals surface area contributed by atoms with Crippen molar-refractivity contribution in [3.8, 4) is 0 Å². The highest BCUT2D eigenvalue weighted by Crippen LogP contribution is 2.31. The van der Waals surface area contributed by atoms with Crippen molar-refractivity contribution >= 4 is 46.7 Å². The van der Waals surface area contributed by atoms with Gasteiger partial charge in [-0.05, 0) is 48.9 Å². The van der Waals surface area contributed by atoms with E-state index >= 15 is 0 Å². The number of carbonyl (C=O) groups is 3. The molecular weight excluding hydrogens is 425 g/mol. The Balaban J connectivity index is 1.59. The molecule has 3 aromatic carbocycles. The minimum Gasteiger partial charge on any atom is -0.457 e. The Morgan fingerprint density at radius 1 is 0.933 bits per heavy atom. The molecule has 1 aliphatic rings. The van der Waals surface area contributed by atoms with Crippen molar-refractivity contribution in [2.45, 2.75) is 13.5 Å². The third-order valence-electron chi connectivity index (χ3n) is 4.85. The van der Waals surface area contributed by atoms with Gasteiger partial charge >= 0.3 is 5.97 Å². The van der Waals surface area contributed by atoms with Crippen molar-refractivity contribution in [3.63, 3.8) is 0 Å².